The van der Waals surface area contributed by atoms with Gasteiger partial charge in [-0.2, -0.15) is 26.3 Å². The van der Waals surface area contributed by atoms with Crippen LogP contribution in [0.5, 0.6) is 0 Å². The van der Waals surface area contributed by atoms with Crippen molar-refractivity contribution in [3.63, 3.8) is 0 Å². The van der Waals surface area contributed by atoms with Gasteiger partial charge in [0.15, 0.2) is 0 Å². The van der Waals surface area contributed by atoms with E-state index in [2.05, 4.69) is 222 Å². The van der Waals surface area contributed by atoms with Crippen LogP contribution in [0.25, 0.3) is 0 Å². The predicted octanol–water partition coefficient (Wildman–Crippen LogP) is 43.3. The van der Waals surface area contributed by atoms with Gasteiger partial charge in [0.1, 0.15) is 0 Å². The first-order valence-corrected chi connectivity index (χ1v) is 55.6. The highest BCUT2D eigenvalue weighted by molar-refractivity contribution is 5.03. The Morgan fingerprint density at radius 2 is 0.548 bits per heavy atom. The van der Waals surface area contributed by atoms with Crippen molar-refractivity contribution in [1.82, 2.24) is 0 Å². The molecule has 0 aromatic heterocycles. The molecule has 6 heteroatoms. The van der Waals surface area contributed by atoms with Gasteiger partial charge in [-0.1, -0.05) is 365 Å². The zero-order valence-electron chi connectivity index (χ0n) is 92.4. The summed E-state index contributed by atoms with van der Waals surface area (Å²) in [5.74, 6) is 6.20. The molecule has 0 radical (unpaired) electrons. The molecule has 0 aromatic carbocycles. The van der Waals surface area contributed by atoms with Gasteiger partial charge in [0.25, 0.3) is 0 Å². The van der Waals surface area contributed by atoms with Crippen LogP contribution in [-0.4, -0.2) is 12.4 Å². The van der Waals surface area contributed by atoms with Crippen LogP contribution in [0.1, 0.15) is 602 Å². The number of rotatable bonds is 17. The molecule has 0 saturated heterocycles. The molecule has 1 unspecified atom stereocenters. The Kier molecular flexibility index (Phi) is 45.1. The highest BCUT2D eigenvalue weighted by atomic mass is 19.4. The molecule has 1 atom stereocenters. The summed E-state index contributed by atoms with van der Waals surface area (Å²) in [6.07, 6.45) is 65.3. The highest BCUT2D eigenvalue weighted by Crippen LogP contribution is 2.64. The van der Waals surface area contributed by atoms with Crippen LogP contribution in [0.2, 0.25) is 0 Å². The zero-order chi connectivity index (χ0) is 96.2. The summed E-state index contributed by atoms with van der Waals surface area (Å²) in [6, 6.07) is 0. The van der Waals surface area contributed by atoms with Crippen molar-refractivity contribution in [2.24, 2.45) is 151 Å². The maximum atomic E-state index is 13.2. The molecule has 11 aliphatic carbocycles. The van der Waals surface area contributed by atoms with Gasteiger partial charge < -0.3 is 0 Å². The predicted molar refractivity (Wildman–Crippen MR) is 547 cm³/mol. The Bertz CT molecular complexity index is 2840. The fourth-order valence-electron chi connectivity index (χ4n) is 29.6. The van der Waals surface area contributed by atoms with Crippen LogP contribution in [0, 0.1) is 151 Å². The number of alkyl halides is 6. The third-order valence-electron chi connectivity index (χ3n) is 39.1. The average Bonchev–Trinajstić information content (AvgIpc) is 0.754. The lowest BCUT2D eigenvalue weighted by Crippen LogP contribution is -2.44. The van der Waals surface area contributed by atoms with E-state index >= 15 is 0 Å². The fraction of sp³-hybridized carbons (Fsp3) is 1.00. The maximum Gasteiger partial charge on any atom is 0.393 e. The Morgan fingerprint density at radius 1 is 0.270 bits per heavy atom. The zero-order valence-corrected chi connectivity index (χ0v) is 92.4. The quantitative estimate of drug-likeness (QED) is 0.127. The highest BCUT2D eigenvalue weighted by Gasteiger charge is 2.55. The molecule has 11 aliphatic rings. The van der Waals surface area contributed by atoms with Crippen LogP contribution >= 0.6 is 0 Å². The smallest absolute Gasteiger partial charge is 0.171 e. The lowest BCUT2D eigenvalue weighted by Gasteiger charge is -2.56. The summed E-state index contributed by atoms with van der Waals surface area (Å²) < 4.78 is 78.2. The second-order valence-corrected chi connectivity index (χ2v) is 57.6. The third-order valence-corrected chi connectivity index (χ3v) is 39.1. The molecular weight excluding hydrogens is 1560 g/mol. The van der Waals surface area contributed by atoms with Crippen LogP contribution in [0.3, 0.4) is 0 Å². The average molecular weight is 1790 g/mol. The Labute approximate surface area is 787 Å². The van der Waals surface area contributed by atoms with E-state index in [-0.39, 0.29) is 12.8 Å². The molecular formula is C120H228F6. The van der Waals surface area contributed by atoms with Gasteiger partial charge in [-0.15, -0.1) is 0 Å². The van der Waals surface area contributed by atoms with E-state index in [1.807, 2.05) is 6.92 Å². The normalized spacial score (nSPS) is 27.6. The Hall–Kier alpha value is -0.420. The van der Waals surface area contributed by atoms with Gasteiger partial charge in [-0.05, 0) is 377 Å². The summed E-state index contributed by atoms with van der Waals surface area (Å²) in [6.45, 7) is 82.9. The van der Waals surface area contributed by atoms with E-state index in [0.717, 1.165) is 84.4 Å². The van der Waals surface area contributed by atoms with Crippen molar-refractivity contribution < 1.29 is 26.3 Å². The second kappa shape index (κ2) is 48.2. The van der Waals surface area contributed by atoms with Crippen molar-refractivity contribution in [1.29, 1.82) is 0 Å². The molecule has 0 bridgehead atoms. The molecule has 0 N–H and O–H groups in total. The van der Waals surface area contributed by atoms with Crippen LogP contribution < -0.4 is 0 Å². The van der Waals surface area contributed by atoms with E-state index in [9.17, 15) is 26.3 Å². The summed E-state index contributed by atoms with van der Waals surface area (Å²) >= 11 is 0. The molecule has 0 aromatic rings. The second-order valence-electron chi connectivity index (χ2n) is 57.6. The van der Waals surface area contributed by atoms with Gasteiger partial charge in [0, 0.05) is 0 Å². The first-order valence-electron chi connectivity index (χ1n) is 55.6. The van der Waals surface area contributed by atoms with Gasteiger partial charge in [-0.25, -0.2) is 0 Å². The number of halogens is 6. The molecule has 750 valence electrons. The Morgan fingerprint density at radius 3 is 0.825 bits per heavy atom. The molecule has 11 saturated carbocycles. The molecule has 0 nitrogen and oxygen atoms in total. The van der Waals surface area contributed by atoms with Gasteiger partial charge in [-0.3, -0.25) is 0 Å². The molecule has 11 rings (SSSR count). The molecule has 0 amide bonds. The minimum Gasteiger partial charge on any atom is -0.171 e. The van der Waals surface area contributed by atoms with Crippen LogP contribution in [0.15, 0.2) is 0 Å². The summed E-state index contributed by atoms with van der Waals surface area (Å²) in [5, 5.41) is 0. The van der Waals surface area contributed by atoms with Crippen molar-refractivity contribution in [2.75, 3.05) is 0 Å². The van der Waals surface area contributed by atoms with Crippen LogP contribution in [0.4, 0.5) is 26.3 Å². The van der Waals surface area contributed by atoms with Crippen molar-refractivity contribution in [3.05, 3.63) is 0 Å². The standard InChI is InChI=1S/C18H34.C17H34.C16H26F6.C16H30.C15H30.C14H26.C13H26.C11H22/c1-7-17(6)8-10-18(11-9-17)13-15(2,3)12-16(4,5)14-18;1-14-8-10-17(11-9-14,12-15(2,3)4)13-16(5,6)7;1-11-5-7-14(8-6-11,9-12(2)15(17,18)19)10-13(3,4)16(20,21)22;1-5-15(4)8-12-16(13-9-15)10-6-14(2,3)7-11-16;1-12(2)10-15(11-13(3)4)8-6-14(5)7-9-15;1-3-13(2)9-11-14(12-10-13)7-5-4-6-8-14;1-10(2)13(11(3)4)8-6-12(5)7-9-13;1-4-11(5-2)8-6-10(3)7-9-11/h7-14H2,1-6H3;14H,8-13H2,1-7H3;11-12H,5-10H2,1-4H3;5-13H2,1-4H3;12-14H,6-11H2,1-5H3;3-12H2,1-2H3;10-12H,6-9H2,1-5H3;10H,4-9H2,1-3H3. The largest absolute Gasteiger partial charge is 0.393 e. The number of hydrogen-bond donors (Lipinski definition) is 0. The molecule has 3 spiro atoms. The number of hydrogen-bond acceptors (Lipinski definition) is 0. The summed E-state index contributed by atoms with van der Waals surface area (Å²) in [5.41, 5.74) is 6.91. The lowest BCUT2D eigenvalue weighted by molar-refractivity contribution is -0.228. The van der Waals surface area contributed by atoms with E-state index in [0.29, 0.717) is 96.6 Å². The van der Waals surface area contributed by atoms with Gasteiger partial charge >= 0.3 is 12.4 Å². The molecule has 0 aliphatic heterocycles. The lowest BCUT2D eigenvalue weighted by atomic mass is 9.49. The van der Waals surface area contributed by atoms with Gasteiger partial charge in [0.2, 0.25) is 0 Å². The Balaban J connectivity index is 0.000000304. The van der Waals surface area contributed by atoms with E-state index < -0.39 is 29.1 Å². The van der Waals surface area contributed by atoms with E-state index in [1.54, 1.807) is 12.8 Å². The monoisotopic (exact) mass is 1780 g/mol. The first kappa shape index (κ1) is 118. The van der Waals surface area contributed by atoms with Gasteiger partial charge in [0.05, 0.1) is 11.3 Å². The van der Waals surface area contributed by atoms with Crippen molar-refractivity contribution >= 4 is 0 Å². The summed E-state index contributed by atoms with van der Waals surface area (Å²) in [4.78, 5) is 0. The summed E-state index contributed by atoms with van der Waals surface area (Å²) in [7, 11) is 0. The molecule has 0 heterocycles. The topological polar surface area (TPSA) is 0 Å². The van der Waals surface area contributed by atoms with Crippen molar-refractivity contribution in [3.8, 4) is 0 Å². The molecule has 11 fully saturated rings. The SMILES string of the molecule is CC(C)CC1(CC(C)C)CCC(C)CC1.CC1CCC(C(C)C)(C(C)C)CC1.CC1CCC(CC(C)(C)C)(CC(C)(C)C)CC1.CC1CCC(CC(C)C(F)(F)F)(CC(C)(C)C(F)(F)F)CC1.CCC1(C)CCC2(CC1)CC(C)(C)CC(C)(C)C2.CCC1(C)CCC2(CCC(C)(C)CC2)CC1.CCC1(C)CCC2(CCCCC2)CC1.CCC1(CC)CCC(C)CC1. The van der Waals surface area contributed by atoms with Crippen LogP contribution in [-0.2, 0) is 0 Å². The molecule has 126 heavy (non-hydrogen) atoms. The van der Waals surface area contributed by atoms with E-state index in [1.165, 1.54) is 302 Å². The maximum absolute atomic E-state index is 13.2. The van der Waals surface area contributed by atoms with E-state index in [4.69, 9.17) is 0 Å². The third kappa shape index (κ3) is 38.9. The minimum absolute atomic E-state index is 0.206. The van der Waals surface area contributed by atoms with Crippen molar-refractivity contribution in [2.45, 2.75) is 615 Å². The minimum atomic E-state index is -4.40. The fourth-order valence-corrected chi connectivity index (χ4v) is 29.6. The first-order chi connectivity index (χ1) is 57.5.